The molecule has 2 heterocycles. The van der Waals surface area contributed by atoms with Gasteiger partial charge in [0.25, 0.3) is 5.69 Å². The average molecular weight is 415 g/mol. The Balaban J connectivity index is 1.53. The van der Waals surface area contributed by atoms with E-state index < -0.39 is 4.92 Å². The Morgan fingerprint density at radius 2 is 2.13 bits per heavy atom. The summed E-state index contributed by atoms with van der Waals surface area (Å²) >= 11 is 0. The van der Waals surface area contributed by atoms with Gasteiger partial charge in [0.2, 0.25) is 0 Å². The van der Waals surface area contributed by atoms with Gasteiger partial charge in [-0.2, -0.15) is 5.10 Å². The zero-order valence-electron chi connectivity index (χ0n) is 17.6. The highest BCUT2D eigenvalue weighted by molar-refractivity contribution is 5.79. The first kappa shape index (κ1) is 21.8. The van der Waals surface area contributed by atoms with Crippen molar-refractivity contribution in [3.8, 4) is 0 Å². The van der Waals surface area contributed by atoms with E-state index in [1.165, 1.54) is 17.8 Å². The summed E-state index contributed by atoms with van der Waals surface area (Å²) in [7, 11) is 0. The molecule has 1 unspecified atom stereocenters. The molecule has 1 aliphatic heterocycles. The van der Waals surface area contributed by atoms with E-state index in [0.717, 1.165) is 62.9 Å². The van der Waals surface area contributed by atoms with Gasteiger partial charge in [0, 0.05) is 50.0 Å². The van der Waals surface area contributed by atoms with E-state index >= 15 is 0 Å². The fourth-order valence-electron chi connectivity index (χ4n) is 3.39. The number of rotatable bonds is 9. The summed E-state index contributed by atoms with van der Waals surface area (Å²) in [6, 6.07) is 8.58. The molecular formula is C21H30N6O3. The molecule has 9 nitrogen and oxygen atoms in total. The number of benzene rings is 1. The van der Waals surface area contributed by atoms with Crippen molar-refractivity contribution in [2.24, 2.45) is 10.9 Å². The van der Waals surface area contributed by atoms with Crippen LogP contribution < -0.4 is 10.6 Å². The number of non-ortho nitro benzene ring substituents is 1. The predicted molar refractivity (Wildman–Crippen MR) is 115 cm³/mol. The zero-order chi connectivity index (χ0) is 21.3. The summed E-state index contributed by atoms with van der Waals surface area (Å²) < 4.78 is 7.47. The van der Waals surface area contributed by atoms with Gasteiger partial charge in [-0.15, -0.1) is 0 Å². The minimum Gasteiger partial charge on any atom is -0.381 e. The lowest BCUT2D eigenvalue weighted by Gasteiger charge is -2.15. The fourth-order valence-corrected chi connectivity index (χ4v) is 3.39. The maximum atomic E-state index is 10.8. The summed E-state index contributed by atoms with van der Waals surface area (Å²) in [5, 5.41) is 22.1. The number of aliphatic imine (C=N–C) groups is 1. The first-order chi connectivity index (χ1) is 14.5. The van der Waals surface area contributed by atoms with Crippen LogP contribution in [-0.2, 0) is 17.8 Å². The van der Waals surface area contributed by atoms with Gasteiger partial charge in [-0.25, -0.2) is 4.99 Å². The van der Waals surface area contributed by atoms with Gasteiger partial charge in [-0.3, -0.25) is 14.8 Å². The minimum atomic E-state index is -0.395. The van der Waals surface area contributed by atoms with Crippen molar-refractivity contribution in [2.45, 2.75) is 39.8 Å². The molecule has 0 aliphatic carbocycles. The highest BCUT2D eigenvalue weighted by atomic mass is 16.6. The Kier molecular flexibility index (Phi) is 7.78. The third kappa shape index (κ3) is 6.55. The summed E-state index contributed by atoms with van der Waals surface area (Å²) in [5.41, 5.74) is 3.21. The highest BCUT2D eigenvalue weighted by Gasteiger charge is 2.15. The van der Waals surface area contributed by atoms with Crippen molar-refractivity contribution in [1.82, 2.24) is 20.4 Å². The van der Waals surface area contributed by atoms with Gasteiger partial charge in [-0.1, -0.05) is 12.1 Å². The second-order valence-corrected chi connectivity index (χ2v) is 7.63. The fraction of sp³-hybridized carbons (Fsp3) is 0.524. The SMILES string of the molecule is Cc1cc(C)n(CCCNC(=NCc2ccc([N+](=O)[O-])cc2)NCC2CCOC2)n1. The van der Waals surface area contributed by atoms with Crippen LogP contribution >= 0.6 is 0 Å². The third-order valence-corrected chi connectivity index (χ3v) is 5.09. The zero-order valence-corrected chi connectivity index (χ0v) is 17.6. The molecule has 1 aromatic heterocycles. The molecule has 0 amide bonds. The average Bonchev–Trinajstić information content (AvgIpc) is 3.36. The normalized spacial score (nSPS) is 16.6. The van der Waals surface area contributed by atoms with E-state index in [0.29, 0.717) is 12.5 Å². The monoisotopic (exact) mass is 414 g/mol. The summed E-state index contributed by atoms with van der Waals surface area (Å²) in [6.45, 7) is 8.54. The Morgan fingerprint density at radius 1 is 1.33 bits per heavy atom. The van der Waals surface area contributed by atoms with Crippen molar-refractivity contribution >= 4 is 11.6 Å². The number of ether oxygens (including phenoxy) is 1. The minimum absolute atomic E-state index is 0.0876. The lowest BCUT2D eigenvalue weighted by atomic mass is 10.1. The molecule has 1 saturated heterocycles. The molecule has 1 aromatic carbocycles. The molecular weight excluding hydrogens is 384 g/mol. The first-order valence-electron chi connectivity index (χ1n) is 10.4. The van der Waals surface area contributed by atoms with Gasteiger partial charge < -0.3 is 15.4 Å². The van der Waals surface area contributed by atoms with E-state index in [1.807, 2.05) is 11.6 Å². The van der Waals surface area contributed by atoms with Crippen LogP contribution in [0.3, 0.4) is 0 Å². The van der Waals surface area contributed by atoms with Gasteiger partial charge in [-0.05, 0) is 38.3 Å². The number of hydrogen-bond acceptors (Lipinski definition) is 5. The van der Waals surface area contributed by atoms with Crippen molar-refractivity contribution in [3.05, 3.63) is 57.4 Å². The third-order valence-electron chi connectivity index (χ3n) is 5.09. The quantitative estimate of drug-likeness (QED) is 0.215. The number of hydrogen-bond donors (Lipinski definition) is 2. The molecule has 0 radical (unpaired) electrons. The maximum absolute atomic E-state index is 10.8. The van der Waals surface area contributed by atoms with Crippen LogP contribution in [0.15, 0.2) is 35.3 Å². The molecule has 2 aromatic rings. The summed E-state index contributed by atoms with van der Waals surface area (Å²) in [4.78, 5) is 15.1. The number of nitrogens with one attached hydrogen (secondary N) is 2. The molecule has 3 rings (SSSR count). The smallest absolute Gasteiger partial charge is 0.269 e. The predicted octanol–water partition coefficient (Wildman–Crippen LogP) is 2.57. The second kappa shape index (κ2) is 10.7. The van der Waals surface area contributed by atoms with Gasteiger partial charge in [0.15, 0.2) is 5.96 Å². The van der Waals surface area contributed by atoms with Crippen molar-refractivity contribution in [2.75, 3.05) is 26.3 Å². The summed E-state index contributed by atoms with van der Waals surface area (Å²) in [6.07, 6.45) is 1.98. The van der Waals surface area contributed by atoms with E-state index in [4.69, 9.17) is 4.74 Å². The Labute approximate surface area is 176 Å². The van der Waals surface area contributed by atoms with Crippen molar-refractivity contribution in [1.29, 1.82) is 0 Å². The lowest BCUT2D eigenvalue weighted by molar-refractivity contribution is -0.384. The molecule has 1 aliphatic rings. The van der Waals surface area contributed by atoms with Gasteiger partial charge in [0.05, 0.1) is 23.8 Å². The number of nitro groups is 1. The number of nitrogens with zero attached hydrogens (tertiary/aromatic N) is 4. The molecule has 9 heteroatoms. The van der Waals surface area contributed by atoms with Crippen LogP contribution in [0.1, 0.15) is 29.8 Å². The van der Waals surface area contributed by atoms with Crippen LogP contribution in [0.25, 0.3) is 0 Å². The number of guanidine groups is 1. The first-order valence-corrected chi connectivity index (χ1v) is 10.4. The van der Waals surface area contributed by atoms with Crippen LogP contribution in [0, 0.1) is 29.9 Å². The maximum Gasteiger partial charge on any atom is 0.269 e. The van der Waals surface area contributed by atoms with Gasteiger partial charge in [0.1, 0.15) is 0 Å². The van der Waals surface area contributed by atoms with E-state index in [-0.39, 0.29) is 5.69 Å². The van der Waals surface area contributed by atoms with E-state index in [1.54, 1.807) is 12.1 Å². The Hall–Kier alpha value is -2.94. The van der Waals surface area contributed by atoms with E-state index in [2.05, 4.69) is 33.7 Å². The second-order valence-electron chi connectivity index (χ2n) is 7.63. The number of aromatic nitrogens is 2. The molecule has 162 valence electrons. The van der Waals surface area contributed by atoms with Crippen LogP contribution in [0.4, 0.5) is 5.69 Å². The molecule has 0 bridgehead atoms. The molecule has 1 fully saturated rings. The Morgan fingerprint density at radius 3 is 2.77 bits per heavy atom. The highest BCUT2D eigenvalue weighted by Crippen LogP contribution is 2.13. The topological polar surface area (TPSA) is 107 Å². The van der Waals surface area contributed by atoms with Gasteiger partial charge >= 0.3 is 0 Å². The number of aryl methyl sites for hydroxylation is 3. The van der Waals surface area contributed by atoms with Crippen LogP contribution in [0.2, 0.25) is 0 Å². The molecule has 2 N–H and O–H groups in total. The van der Waals surface area contributed by atoms with Crippen LogP contribution in [0.5, 0.6) is 0 Å². The standard InChI is InChI=1S/C21H30N6O3/c1-16-12-17(2)26(25-16)10-3-9-22-21(24-14-19-8-11-30-15-19)23-13-18-4-6-20(7-5-18)27(28)29/h4-7,12,19H,3,8-11,13-15H2,1-2H3,(H2,22,23,24). The van der Waals surface area contributed by atoms with Crippen molar-refractivity contribution in [3.63, 3.8) is 0 Å². The lowest BCUT2D eigenvalue weighted by Crippen LogP contribution is -2.40. The number of nitro benzene ring substituents is 1. The Bertz CT molecular complexity index is 856. The molecule has 1 atom stereocenters. The van der Waals surface area contributed by atoms with E-state index in [9.17, 15) is 10.1 Å². The summed E-state index contributed by atoms with van der Waals surface area (Å²) in [5.74, 6) is 1.24. The molecule has 30 heavy (non-hydrogen) atoms. The largest absolute Gasteiger partial charge is 0.381 e. The van der Waals surface area contributed by atoms with Crippen LogP contribution in [-0.4, -0.2) is 47.0 Å². The molecule has 0 spiro atoms. The molecule has 0 saturated carbocycles. The van der Waals surface area contributed by atoms with Crippen molar-refractivity contribution < 1.29 is 9.66 Å².